The molecule has 1 aromatic heterocycles. The first kappa shape index (κ1) is 11.0. The number of nitrogens with zero attached hydrogens (tertiary/aromatic N) is 1. The van der Waals surface area contributed by atoms with E-state index in [0.29, 0.717) is 17.0 Å². The normalized spacial score (nSPS) is 9.17. The van der Waals surface area contributed by atoms with Crippen molar-refractivity contribution in [2.45, 2.75) is 20.3 Å². The predicted molar refractivity (Wildman–Crippen MR) is 44.6 cm³/mol. The highest BCUT2D eigenvalue weighted by atomic mass is 35.5. The van der Waals surface area contributed by atoms with E-state index in [1.54, 1.807) is 13.8 Å². The van der Waals surface area contributed by atoms with Gasteiger partial charge in [-0.25, -0.2) is 0 Å². The molecule has 0 aliphatic carbocycles. The third kappa shape index (κ3) is 2.23. The number of hydrogen-bond acceptors (Lipinski definition) is 3. The predicted octanol–water partition coefficient (Wildman–Crippen LogP) is 1.34. The highest BCUT2D eigenvalue weighted by Gasteiger charge is 2.11. The maximum absolute atomic E-state index is 10.3. The molecule has 0 spiro atoms. The molecule has 1 heterocycles. The molecule has 0 saturated carbocycles. The summed E-state index contributed by atoms with van der Waals surface area (Å²) >= 11 is 0. The van der Waals surface area contributed by atoms with Crippen molar-refractivity contribution in [3.63, 3.8) is 0 Å². The lowest BCUT2D eigenvalue weighted by Crippen LogP contribution is -2.01. The molecule has 0 atom stereocenters. The standard InChI is InChI=1S/C7H9NO3.ClH/c1-4-6(3-7(9)10)5(2)11-8-4;/h3H2,1-2H3,(H,9,10);1H. The van der Waals surface area contributed by atoms with Crippen molar-refractivity contribution in [3.05, 3.63) is 17.0 Å². The summed E-state index contributed by atoms with van der Waals surface area (Å²) in [6.45, 7) is 3.44. The van der Waals surface area contributed by atoms with E-state index in [2.05, 4.69) is 5.16 Å². The number of hydrogen-bond donors (Lipinski definition) is 1. The number of halogens is 1. The number of aryl methyl sites for hydroxylation is 2. The number of carbonyl (C=O) groups is 1. The molecule has 1 rings (SSSR count). The summed E-state index contributed by atoms with van der Waals surface area (Å²) in [4.78, 5) is 10.3. The summed E-state index contributed by atoms with van der Waals surface area (Å²) in [6.07, 6.45) is -0.0127. The zero-order valence-electron chi connectivity index (χ0n) is 6.83. The second-order valence-electron chi connectivity index (χ2n) is 2.37. The van der Waals surface area contributed by atoms with Crippen LogP contribution in [0.15, 0.2) is 4.52 Å². The van der Waals surface area contributed by atoms with E-state index in [1.807, 2.05) is 0 Å². The zero-order chi connectivity index (χ0) is 8.43. The van der Waals surface area contributed by atoms with Crippen LogP contribution in [0.3, 0.4) is 0 Å². The second-order valence-corrected chi connectivity index (χ2v) is 2.37. The number of aliphatic carboxylic acids is 1. The summed E-state index contributed by atoms with van der Waals surface area (Å²) in [7, 11) is 0. The molecule has 1 aromatic rings. The average Bonchev–Trinajstić information content (AvgIpc) is 2.18. The average molecular weight is 192 g/mol. The first-order valence-electron chi connectivity index (χ1n) is 3.25. The van der Waals surface area contributed by atoms with Crippen molar-refractivity contribution < 1.29 is 14.4 Å². The van der Waals surface area contributed by atoms with Gasteiger partial charge in [0.05, 0.1) is 12.1 Å². The molecule has 0 radical (unpaired) electrons. The molecule has 4 nitrogen and oxygen atoms in total. The SMILES string of the molecule is Cc1noc(C)c1CC(=O)O.Cl. The van der Waals surface area contributed by atoms with Crippen molar-refractivity contribution >= 4 is 18.4 Å². The fourth-order valence-electron chi connectivity index (χ4n) is 0.905. The molecule has 0 amide bonds. The van der Waals surface area contributed by atoms with Gasteiger partial charge in [-0.1, -0.05) is 5.16 Å². The van der Waals surface area contributed by atoms with Crippen molar-refractivity contribution in [3.8, 4) is 0 Å². The summed E-state index contributed by atoms with van der Waals surface area (Å²) in [5.41, 5.74) is 1.34. The maximum atomic E-state index is 10.3. The number of carboxylic acid groups (broad SMARTS) is 1. The van der Waals surface area contributed by atoms with Crippen LogP contribution in [-0.4, -0.2) is 16.2 Å². The van der Waals surface area contributed by atoms with E-state index >= 15 is 0 Å². The fraction of sp³-hybridized carbons (Fsp3) is 0.429. The molecule has 0 aliphatic rings. The molecule has 5 heteroatoms. The Morgan fingerprint density at radius 1 is 1.58 bits per heavy atom. The van der Waals surface area contributed by atoms with Gasteiger partial charge in [0.25, 0.3) is 0 Å². The smallest absolute Gasteiger partial charge is 0.308 e. The molecule has 0 aliphatic heterocycles. The van der Waals surface area contributed by atoms with Gasteiger partial charge in [-0.2, -0.15) is 0 Å². The van der Waals surface area contributed by atoms with Crippen LogP contribution < -0.4 is 0 Å². The summed E-state index contributed by atoms with van der Waals surface area (Å²) < 4.78 is 4.78. The quantitative estimate of drug-likeness (QED) is 0.766. The molecular formula is C7H10ClNO3. The van der Waals surface area contributed by atoms with Crippen molar-refractivity contribution in [2.75, 3.05) is 0 Å². The van der Waals surface area contributed by atoms with Gasteiger partial charge in [0, 0.05) is 5.56 Å². The Hall–Kier alpha value is -1.03. The first-order chi connectivity index (χ1) is 5.11. The Kier molecular flexibility index (Phi) is 3.76. The van der Waals surface area contributed by atoms with Gasteiger partial charge >= 0.3 is 5.97 Å². The monoisotopic (exact) mass is 191 g/mol. The van der Waals surface area contributed by atoms with Gasteiger partial charge < -0.3 is 9.63 Å². The fourth-order valence-corrected chi connectivity index (χ4v) is 0.905. The van der Waals surface area contributed by atoms with E-state index in [0.717, 1.165) is 0 Å². The largest absolute Gasteiger partial charge is 0.481 e. The van der Waals surface area contributed by atoms with Crippen LogP contribution in [-0.2, 0) is 11.2 Å². The molecule has 0 aromatic carbocycles. The van der Waals surface area contributed by atoms with Gasteiger partial charge in [0.1, 0.15) is 5.76 Å². The minimum Gasteiger partial charge on any atom is -0.481 e. The second kappa shape index (κ2) is 4.11. The number of aromatic nitrogens is 1. The lowest BCUT2D eigenvalue weighted by atomic mass is 10.1. The van der Waals surface area contributed by atoms with Gasteiger partial charge in [-0.15, -0.1) is 12.4 Å². The Bertz CT molecular complexity index is 263. The molecule has 0 unspecified atom stereocenters. The van der Waals surface area contributed by atoms with Crippen LogP contribution >= 0.6 is 12.4 Å². The highest BCUT2D eigenvalue weighted by Crippen LogP contribution is 2.12. The third-order valence-corrected chi connectivity index (χ3v) is 1.51. The molecule has 0 saturated heterocycles. The van der Waals surface area contributed by atoms with Gasteiger partial charge in [-0.05, 0) is 13.8 Å². The van der Waals surface area contributed by atoms with Crippen LogP contribution in [0.2, 0.25) is 0 Å². The lowest BCUT2D eigenvalue weighted by Gasteiger charge is -1.91. The minimum absolute atomic E-state index is 0. The Morgan fingerprint density at radius 2 is 2.17 bits per heavy atom. The van der Waals surface area contributed by atoms with Gasteiger partial charge in [0.15, 0.2) is 0 Å². The molecule has 12 heavy (non-hydrogen) atoms. The number of carboxylic acids is 1. The van der Waals surface area contributed by atoms with E-state index in [1.165, 1.54) is 0 Å². The van der Waals surface area contributed by atoms with Crippen molar-refractivity contribution in [2.24, 2.45) is 0 Å². The molecule has 0 bridgehead atoms. The van der Waals surface area contributed by atoms with Crippen molar-refractivity contribution in [1.82, 2.24) is 5.16 Å². The molecule has 1 N–H and O–H groups in total. The van der Waals surface area contributed by atoms with Crippen molar-refractivity contribution in [1.29, 1.82) is 0 Å². The highest BCUT2D eigenvalue weighted by molar-refractivity contribution is 5.85. The topological polar surface area (TPSA) is 63.3 Å². The first-order valence-corrected chi connectivity index (χ1v) is 3.25. The van der Waals surface area contributed by atoms with Crippen LogP contribution in [0.25, 0.3) is 0 Å². The summed E-state index contributed by atoms with van der Waals surface area (Å²) in [6, 6.07) is 0. The maximum Gasteiger partial charge on any atom is 0.308 e. The molecule has 0 fully saturated rings. The Labute approximate surface area is 76.0 Å². The van der Waals surface area contributed by atoms with E-state index < -0.39 is 5.97 Å². The van der Waals surface area contributed by atoms with Crippen LogP contribution in [0.4, 0.5) is 0 Å². The molecular weight excluding hydrogens is 182 g/mol. The lowest BCUT2D eigenvalue weighted by molar-refractivity contribution is -0.136. The third-order valence-electron chi connectivity index (χ3n) is 1.51. The van der Waals surface area contributed by atoms with Crippen LogP contribution in [0.5, 0.6) is 0 Å². The van der Waals surface area contributed by atoms with E-state index in [9.17, 15) is 4.79 Å². The Balaban J connectivity index is 0.00000121. The van der Waals surface area contributed by atoms with Gasteiger partial charge in [0.2, 0.25) is 0 Å². The Morgan fingerprint density at radius 3 is 2.50 bits per heavy atom. The van der Waals surface area contributed by atoms with Crippen LogP contribution in [0, 0.1) is 13.8 Å². The van der Waals surface area contributed by atoms with Gasteiger partial charge in [-0.3, -0.25) is 4.79 Å². The zero-order valence-corrected chi connectivity index (χ0v) is 7.64. The van der Waals surface area contributed by atoms with E-state index in [4.69, 9.17) is 9.63 Å². The summed E-state index contributed by atoms with van der Waals surface area (Å²) in [5.74, 6) is -0.274. The van der Waals surface area contributed by atoms with Crippen LogP contribution in [0.1, 0.15) is 17.0 Å². The number of rotatable bonds is 2. The summed E-state index contributed by atoms with van der Waals surface area (Å²) in [5, 5.41) is 12.1. The van der Waals surface area contributed by atoms with E-state index in [-0.39, 0.29) is 18.8 Å². The molecule has 68 valence electrons. The minimum atomic E-state index is -0.862.